The first-order valence-corrected chi connectivity index (χ1v) is 5.92. The van der Waals surface area contributed by atoms with E-state index in [1.165, 1.54) is 12.1 Å². The van der Waals surface area contributed by atoms with Crippen molar-refractivity contribution in [2.24, 2.45) is 11.1 Å². The van der Waals surface area contributed by atoms with Crippen LogP contribution >= 0.6 is 0 Å². The van der Waals surface area contributed by atoms with Gasteiger partial charge in [-0.25, -0.2) is 0 Å². The predicted octanol–water partition coefficient (Wildman–Crippen LogP) is 0.879. The zero-order valence-corrected chi connectivity index (χ0v) is 10.6. The van der Waals surface area contributed by atoms with Crippen LogP contribution in [0, 0.1) is 15.5 Å². The number of hydrogen-bond acceptors (Lipinski definition) is 5. The van der Waals surface area contributed by atoms with Gasteiger partial charge in [-0.15, -0.1) is 0 Å². The minimum Gasteiger partial charge on any atom is -0.397 e. The van der Waals surface area contributed by atoms with E-state index in [9.17, 15) is 14.9 Å². The van der Waals surface area contributed by atoms with Crippen LogP contribution in [0.15, 0.2) is 18.2 Å². The van der Waals surface area contributed by atoms with Crippen molar-refractivity contribution in [2.45, 2.75) is 13.3 Å². The number of non-ortho nitro benzene ring substituents is 1. The zero-order chi connectivity index (χ0) is 14.2. The highest BCUT2D eigenvalue weighted by Gasteiger charge is 2.39. The lowest BCUT2D eigenvalue weighted by Crippen LogP contribution is -2.37. The molecule has 1 aromatic rings. The second kappa shape index (κ2) is 4.42. The van der Waals surface area contributed by atoms with Crippen molar-refractivity contribution in [1.82, 2.24) is 0 Å². The van der Waals surface area contributed by atoms with Crippen LogP contribution in [0.25, 0.3) is 0 Å². The highest BCUT2D eigenvalue weighted by Crippen LogP contribution is 2.36. The summed E-state index contributed by atoms with van der Waals surface area (Å²) in [5.41, 5.74) is 11.7. The summed E-state index contributed by atoms with van der Waals surface area (Å²) in [7, 11) is 0. The Morgan fingerprint density at radius 3 is 2.68 bits per heavy atom. The van der Waals surface area contributed by atoms with Gasteiger partial charge in [-0.1, -0.05) is 0 Å². The van der Waals surface area contributed by atoms with Crippen LogP contribution in [-0.4, -0.2) is 23.9 Å². The highest BCUT2D eigenvalue weighted by molar-refractivity contribution is 5.83. The smallest absolute Gasteiger partial charge is 0.271 e. The molecular formula is C12H16N4O3. The number of nitrogen functional groups attached to an aromatic ring is 1. The summed E-state index contributed by atoms with van der Waals surface area (Å²) in [6.07, 6.45) is 0.652. The number of carbonyl (C=O) groups is 1. The van der Waals surface area contributed by atoms with Crippen molar-refractivity contribution in [3.8, 4) is 0 Å². The van der Waals surface area contributed by atoms with Crippen LogP contribution in [0.2, 0.25) is 0 Å². The molecule has 1 fully saturated rings. The number of rotatable bonds is 3. The summed E-state index contributed by atoms with van der Waals surface area (Å²) in [6, 6.07) is 4.35. The van der Waals surface area contributed by atoms with E-state index in [4.69, 9.17) is 11.5 Å². The van der Waals surface area contributed by atoms with E-state index in [0.29, 0.717) is 30.9 Å². The predicted molar refractivity (Wildman–Crippen MR) is 71.6 cm³/mol. The maximum atomic E-state index is 11.4. The number of nitrogens with zero attached hydrogens (tertiary/aromatic N) is 2. The fraction of sp³-hybridized carbons (Fsp3) is 0.417. The lowest BCUT2D eigenvalue weighted by molar-refractivity contribution is -0.384. The van der Waals surface area contributed by atoms with Gasteiger partial charge in [0.15, 0.2) is 0 Å². The molecule has 4 N–H and O–H groups in total. The van der Waals surface area contributed by atoms with Gasteiger partial charge in [-0.2, -0.15) is 0 Å². The minimum atomic E-state index is -0.575. The molecular weight excluding hydrogens is 248 g/mol. The van der Waals surface area contributed by atoms with E-state index in [0.717, 1.165) is 0 Å². The van der Waals surface area contributed by atoms with E-state index >= 15 is 0 Å². The van der Waals surface area contributed by atoms with Crippen LogP contribution < -0.4 is 16.4 Å². The number of primary amides is 1. The molecule has 7 nitrogen and oxygen atoms in total. The maximum absolute atomic E-state index is 11.4. The van der Waals surface area contributed by atoms with E-state index in [1.54, 1.807) is 6.07 Å². The van der Waals surface area contributed by atoms with Crippen molar-refractivity contribution < 1.29 is 9.72 Å². The van der Waals surface area contributed by atoms with Crippen LogP contribution in [0.4, 0.5) is 17.1 Å². The molecule has 1 aliphatic heterocycles. The molecule has 0 bridgehead atoms. The fourth-order valence-electron chi connectivity index (χ4n) is 2.31. The van der Waals surface area contributed by atoms with E-state index in [-0.39, 0.29) is 11.6 Å². The van der Waals surface area contributed by atoms with Gasteiger partial charge >= 0.3 is 0 Å². The van der Waals surface area contributed by atoms with Crippen LogP contribution in [-0.2, 0) is 4.79 Å². The Kier molecular flexibility index (Phi) is 3.05. The zero-order valence-electron chi connectivity index (χ0n) is 10.6. The third-order valence-corrected chi connectivity index (χ3v) is 3.63. The molecule has 19 heavy (non-hydrogen) atoms. The molecule has 102 valence electrons. The van der Waals surface area contributed by atoms with Gasteiger partial charge in [0, 0.05) is 25.2 Å². The number of nitro benzene ring substituents is 1. The molecule has 1 aliphatic rings. The lowest BCUT2D eigenvalue weighted by Gasteiger charge is -2.23. The molecule has 1 aromatic carbocycles. The molecule has 1 saturated heterocycles. The molecule has 1 amide bonds. The van der Waals surface area contributed by atoms with E-state index in [1.807, 2.05) is 11.8 Å². The topological polar surface area (TPSA) is 115 Å². The average Bonchev–Trinajstić information content (AvgIpc) is 2.73. The molecule has 0 spiro atoms. The summed E-state index contributed by atoms with van der Waals surface area (Å²) < 4.78 is 0. The number of carbonyl (C=O) groups excluding carboxylic acids is 1. The Morgan fingerprint density at radius 2 is 2.21 bits per heavy atom. The van der Waals surface area contributed by atoms with Crippen molar-refractivity contribution in [3.05, 3.63) is 28.3 Å². The van der Waals surface area contributed by atoms with Gasteiger partial charge in [-0.05, 0) is 19.4 Å². The maximum Gasteiger partial charge on any atom is 0.271 e. The third kappa shape index (κ3) is 2.31. The molecule has 0 aromatic heterocycles. The Morgan fingerprint density at radius 1 is 1.53 bits per heavy atom. The Labute approximate surface area is 110 Å². The number of benzene rings is 1. The fourth-order valence-corrected chi connectivity index (χ4v) is 2.31. The van der Waals surface area contributed by atoms with Gasteiger partial charge in [0.1, 0.15) is 0 Å². The van der Waals surface area contributed by atoms with Gasteiger partial charge in [-0.3, -0.25) is 14.9 Å². The second-order valence-corrected chi connectivity index (χ2v) is 5.10. The molecule has 1 unspecified atom stereocenters. The molecule has 1 heterocycles. The average molecular weight is 264 g/mol. The van der Waals surface area contributed by atoms with Gasteiger partial charge < -0.3 is 16.4 Å². The number of nitrogens with two attached hydrogens (primary N) is 2. The second-order valence-electron chi connectivity index (χ2n) is 5.10. The molecule has 2 rings (SSSR count). The summed E-state index contributed by atoms with van der Waals surface area (Å²) in [6.45, 7) is 2.95. The first kappa shape index (κ1) is 13.1. The largest absolute Gasteiger partial charge is 0.397 e. The number of hydrogen-bond donors (Lipinski definition) is 2. The van der Waals surface area contributed by atoms with Crippen LogP contribution in [0.3, 0.4) is 0 Å². The van der Waals surface area contributed by atoms with Gasteiger partial charge in [0.25, 0.3) is 5.69 Å². The first-order valence-electron chi connectivity index (χ1n) is 5.92. The Balaban J connectivity index is 2.25. The van der Waals surface area contributed by atoms with Crippen LogP contribution in [0.1, 0.15) is 13.3 Å². The lowest BCUT2D eigenvalue weighted by atomic mass is 9.89. The Bertz CT molecular complexity index is 546. The minimum absolute atomic E-state index is 0.0434. The highest BCUT2D eigenvalue weighted by atomic mass is 16.6. The summed E-state index contributed by atoms with van der Waals surface area (Å²) >= 11 is 0. The number of nitro groups is 1. The third-order valence-electron chi connectivity index (χ3n) is 3.63. The summed E-state index contributed by atoms with van der Waals surface area (Å²) in [5.74, 6) is -0.338. The van der Waals surface area contributed by atoms with Crippen molar-refractivity contribution in [1.29, 1.82) is 0 Å². The SMILES string of the molecule is CC1(C(N)=O)CCN(c2ccc([N+](=O)[O-])cc2N)C1. The van der Waals surface area contributed by atoms with E-state index in [2.05, 4.69) is 0 Å². The molecule has 0 radical (unpaired) electrons. The quantitative estimate of drug-likeness (QED) is 0.477. The first-order chi connectivity index (χ1) is 8.83. The van der Waals surface area contributed by atoms with E-state index < -0.39 is 10.3 Å². The summed E-state index contributed by atoms with van der Waals surface area (Å²) in [5, 5.41) is 10.7. The number of anilines is 2. The molecule has 1 atom stereocenters. The van der Waals surface area contributed by atoms with Crippen molar-refractivity contribution in [2.75, 3.05) is 23.7 Å². The summed E-state index contributed by atoms with van der Waals surface area (Å²) in [4.78, 5) is 23.5. The monoisotopic (exact) mass is 264 g/mol. The van der Waals surface area contributed by atoms with Crippen molar-refractivity contribution >= 4 is 23.0 Å². The van der Waals surface area contributed by atoms with Gasteiger partial charge in [0.2, 0.25) is 5.91 Å². The number of amides is 1. The van der Waals surface area contributed by atoms with Gasteiger partial charge in [0.05, 0.1) is 21.7 Å². The molecule has 0 saturated carbocycles. The standard InChI is InChI=1S/C12H16N4O3/c1-12(11(14)17)4-5-15(7-12)10-3-2-8(16(18)19)6-9(10)13/h2-3,6H,4-5,7,13H2,1H3,(H2,14,17). The van der Waals surface area contributed by atoms with Crippen LogP contribution in [0.5, 0.6) is 0 Å². The normalized spacial score (nSPS) is 22.5. The molecule has 7 heteroatoms. The molecule has 0 aliphatic carbocycles. The van der Waals surface area contributed by atoms with Crippen molar-refractivity contribution in [3.63, 3.8) is 0 Å². The Hall–Kier alpha value is -2.31.